The van der Waals surface area contributed by atoms with Gasteiger partial charge in [0.05, 0.1) is 5.69 Å². The smallest absolute Gasteiger partial charge is 0.123 e. The number of thiazole rings is 1. The molecule has 1 heterocycles. The van der Waals surface area contributed by atoms with E-state index in [1.165, 1.54) is 17.0 Å². The number of aromatic nitrogens is 1. The van der Waals surface area contributed by atoms with E-state index in [9.17, 15) is 4.39 Å². The van der Waals surface area contributed by atoms with Crippen molar-refractivity contribution in [2.75, 3.05) is 5.73 Å². The van der Waals surface area contributed by atoms with Crippen LogP contribution in [0.2, 0.25) is 0 Å². The summed E-state index contributed by atoms with van der Waals surface area (Å²) in [5.41, 5.74) is 9.64. The SMILES string of the molecule is Cc1nc(-c2ccc(N)cc2)sc1Cc1ccc(F)cc1. The van der Waals surface area contributed by atoms with Crippen LogP contribution in [0.5, 0.6) is 0 Å². The Hall–Kier alpha value is -2.20. The van der Waals surface area contributed by atoms with Crippen LogP contribution in [-0.4, -0.2) is 4.98 Å². The second-order valence-electron chi connectivity index (χ2n) is 4.95. The zero-order valence-corrected chi connectivity index (χ0v) is 12.5. The van der Waals surface area contributed by atoms with Gasteiger partial charge >= 0.3 is 0 Å². The lowest BCUT2D eigenvalue weighted by molar-refractivity contribution is 0.627. The highest BCUT2D eigenvalue weighted by molar-refractivity contribution is 7.15. The van der Waals surface area contributed by atoms with E-state index >= 15 is 0 Å². The fourth-order valence-corrected chi connectivity index (χ4v) is 3.23. The molecule has 0 saturated carbocycles. The lowest BCUT2D eigenvalue weighted by Crippen LogP contribution is -1.87. The molecule has 0 aliphatic heterocycles. The van der Waals surface area contributed by atoms with Crippen LogP contribution in [0.1, 0.15) is 16.1 Å². The first kappa shape index (κ1) is 13.8. The molecule has 1 aromatic heterocycles. The van der Waals surface area contributed by atoms with Crippen molar-refractivity contribution in [1.29, 1.82) is 0 Å². The van der Waals surface area contributed by atoms with Crippen LogP contribution in [0, 0.1) is 12.7 Å². The van der Waals surface area contributed by atoms with Gasteiger partial charge in [-0.25, -0.2) is 9.37 Å². The number of rotatable bonds is 3. The third-order valence-electron chi connectivity index (χ3n) is 3.33. The first-order valence-electron chi connectivity index (χ1n) is 6.68. The van der Waals surface area contributed by atoms with Crippen LogP contribution in [-0.2, 0) is 6.42 Å². The summed E-state index contributed by atoms with van der Waals surface area (Å²) in [5, 5.41) is 0.990. The van der Waals surface area contributed by atoms with Gasteiger partial charge < -0.3 is 5.73 Å². The van der Waals surface area contributed by atoms with E-state index in [0.29, 0.717) is 0 Å². The Morgan fingerprint density at radius 3 is 2.38 bits per heavy atom. The summed E-state index contributed by atoms with van der Waals surface area (Å²) in [6.45, 7) is 2.01. The maximum Gasteiger partial charge on any atom is 0.123 e. The minimum Gasteiger partial charge on any atom is -0.399 e. The first-order valence-corrected chi connectivity index (χ1v) is 7.50. The zero-order valence-electron chi connectivity index (χ0n) is 11.6. The molecule has 0 bridgehead atoms. The fourth-order valence-electron chi connectivity index (χ4n) is 2.13. The molecule has 4 heteroatoms. The highest BCUT2D eigenvalue weighted by atomic mass is 32.1. The maximum atomic E-state index is 12.9. The van der Waals surface area contributed by atoms with E-state index < -0.39 is 0 Å². The molecule has 21 heavy (non-hydrogen) atoms. The normalized spacial score (nSPS) is 10.8. The Morgan fingerprint density at radius 2 is 1.71 bits per heavy atom. The van der Waals surface area contributed by atoms with E-state index in [2.05, 4.69) is 4.98 Å². The summed E-state index contributed by atoms with van der Waals surface area (Å²) >= 11 is 1.67. The van der Waals surface area contributed by atoms with Gasteiger partial charge in [-0.15, -0.1) is 11.3 Å². The fraction of sp³-hybridized carbons (Fsp3) is 0.118. The predicted octanol–water partition coefficient (Wildman–Crippen LogP) is 4.43. The van der Waals surface area contributed by atoms with Crippen molar-refractivity contribution in [3.8, 4) is 10.6 Å². The molecule has 0 spiro atoms. The number of hydrogen-bond acceptors (Lipinski definition) is 3. The number of nitrogen functional groups attached to an aromatic ring is 1. The number of benzene rings is 2. The Morgan fingerprint density at radius 1 is 1.05 bits per heavy atom. The van der Waals surface area contributed by atoms with E-state index in [4.69, 9.17) is 5.73 Å². The van der Waals surface area contributed by atoms with Gasteiger partial charge in [0, 0.05) is 22.5 Å². The number of nitrogens with two attached hydrogens (primary N) is 1. The van der Waals surface area contributed by atoms with Gasteiger partial charge in [-0.2, -0.15) is 0 Å². The molecule has 0 unspecified atom stereocenters. The molecule has 106 valence electrons. The van der Waals surface area contributed by atoms with Crippen molar-refractivity contribution in [3.05, 3.63) is 70.5 Å². The quantitative estimate of drug-likeness (QED) is 0.726. The Bertz CT molecular complexity index is 745. The molecule has 0 aliphatic rings. The van der Waals surface area contributed by atoms with E-state index in [-0.39, 0.29) is 5.82 Å². The van der Waals surface area contributed by atoms with Gasteiger partial charge in [-0.1, -0.05) is 12.1 Å². The Kier molecular flexibility index (Phi) is 3.71. The molecule has 2 N–H and O–H groups in total. The molecule has 2 aromatic carbocycles. The van der Waals surface area contributed by atoms with Crippen molar-refractivity contribution in [3.63, 3.8) is 0 Å². The molecular weight excluding hydrogens is 283 g/mol. The Balaban J connectivity index is 1.87. The van der Waals surface area contributed by atoms with E-state index in [0.717, 1.165) is 33.9 Å². The Labute approximate surface area is 127 Å². The van der Waals surface area contributed by atoms with Crippen LogP contribution in [0.4, 0.5) is 10.1 Å². The van der Waals surface area contributed by atoms with Crippen LogP contribution >= 0.6 is 11.3 Å². The molecular formula is C17H15FN2S. The molecule has 0 atom stereocenters. The van der Waals surface area contributed by atoms with Crippen molar-refractivity contribution in [2.45, 2.75) is 13.3 Å². The summed E-state index contributed by atoms with van der Waals surface area (Å²) in [6, 6.07) is 14.3. The second kappa shape index (κ2) is 5.66. The van der Waals surface area contributed by atoms with Gasteiger partial charge in [-0.05, 0) is 48.9 Å². The van der Waals surface area contributed by atoms with Crippen LogP contribution in [0.15, 0.2) is 48.5 Å². The minimum absolute atomic E-state index is 0.206. The molecule has 2 nitrogen and oxygen atoms in total. The first-order chi connectivity index (χ1) is 10.1. The van der Waals surface area contributed by atoms with Gasteiger partial charge in [0.15, 0.2) is 0 Å². The lowest BCUT2D eigenvalue weighted by Gasteiger charge is -1.99. The monoisotopic (exact) mass is 298 g/mol. The average molecular weight is 298 g/mol. The van der Waals surface area contributed by atoms with Crippen molar-refractivity contribution in [2.24, 2.45) is 0 Å². The summed E-state index contributed by atoms with van der Waals surface area (Å²) in [4.78, 5) is 5.83. The van der Waals surface area contributed by atoms with Crippen LogP contribution in [0.3, 0.4) is 0 Å². The number of aryl methyl sites for hydroxylation is 1. The van der Waals surface area contributed by atoms with E-state index in [1.807, 2.05) is 43.3 Å². The van der Waals surface area contributed by atoms with Gasteiger partial charge in [0.2, 0.25) is 0 Å². The van der Waals surface area contributed by atoms with Crippen LogP contribution in [0.25, 0.3) is 10.6 Å². The molecule has 3 aromatic rings. The third kappa shape index (κ3) is 3.11. The molecule has 3 rings (SSSR count). The zero-order chi connectivity index (χ0) is 14.8. The van der Waals surface area contributed by atoms with Crippen LogP contribution < -0.4 is 5.73 Å². The third-order valence-corrected chi connectivity index (χ3v) is 4.53. The average Bonchev–Trinajstić information content (AvgIpc) is 2.83. The lowest BCUT2D eigenvalue weighted by atomic mass is 10.1. The summed E-state index contributed by atoms with van der Waals surface area (Å²) in [7, 11) is 0. The van der Waals surface area contributed by atoms with Crippen molar-refractivity contribution >= 4 is 17.0 Å². The van der Waals surface area contributed by atoms with Gasteiger partial charge in [0.25, 0.3) is 0 Å². The molecule has 0 amide bonds. The topological polar surface area (TPSA) is 38.9 Å². The summed E-state index contributed by atoms with van der Waals surface area (Å²) < 4.78 is 12.9. The van der Waals surface area contributed by atoms with Gasteiger partial charge in [0.1, 0.15) is 10.8 Å². The van der Waals surface area contributed by atoms with Crippen molar-refractivity contribution < 1.29 is 4.39 Å². The van der Waals surface area contributed by atoms with Gasteiger partial charge in [-0.3, -0.25) is 0 Å². The highest BCUT2D eigenvalue weighted by Gasteiger charge is 2.10. The maximum absolute atomic E-state index is 12.9. The molecule has 0 saturated heterocycles. The molecule has 0 fully saturated rings. The highest BCUT2D eigenvalue weighted by Crippen LogP contribution is 2.29. The largest absolute Gasteiger partial charge is 0.399 e. The molecule has 0 aliphatic carbocycles. The number of nitrogens with zero attached hydrogens (tertiary/aromatic N) is 1. The number of halogens is 1. The summed E-state index contributed by atoms with van der Waals surface area (Å²) in [5.74, 6) is -0.206. The molecule has 0 radical (unpaired) electrons. The summed E-state index contributed by atoms with van der Waals surface area (Å²) in [6.07, 6.45) is 0.777. The van der Waals surface area contributed by atoms with Crippen molar-refractivity contribution in [1.82, 2.24) is 4.98 Å². The number of anilines is 1. The van der Waals surface area contributed by atoms with E-state index in [1.54, 1.807) is 11.3 Å². The minimum atomic E-state index is -0.206. The standard InChI is InChI=1S/C17H15FN2S/c1-11-16(10-12-2-6-14(18)7-3-12)21-17(20-11)13-4-8-15(19)9-5-13/h2-9H,10,19H2,1H3. The predicted molar refractivity (Wildman–Crippen MR) is 85.9 cm³/mol. The second-order valence-corrected chi connectivity index (χ2v) is 6.04. The number of hydrogen-bond donors (Lipinski definition) is 1.